The molecule has 0 saturated carbocycles. The third-order valence-electron chi connectivity index (χ3n) is 5.36. The first-order chi connectivity index (χ1) is 14.7. The highest BCUT2D eigenvalue weighted by molar-refractivity contribution is 9.10. The molecular weight excluding hydrogens is 436 g/mol. The fourth-order valence-corrected chi connectivity index (χ4v) is 4.10. The second-order valence-corrected chi connectivity index (χ2v) is 8.32. The first-order valence-corrected chi connectivity index (χ1v) is 10.8. The van der Waals surface area contributed by atoms with Gasteiger partial charge in [-0.2, -0.15) is 5.10 Å². The minimum atomic E-state index is 0.0911. The summed E-state index contributed by atoms with van der Waals surface area (Å²) in [5.74, 6) is 0.930. The second kappa shape index (κ2) is 7.92. The number of para-hydroxylation sites is 1. The van der Waals surface area contributed by atoms with E-state index >= 15 is 0 Å². The summed E-state index contributed by atoms with van der Waals surface area (Å²) in [5.41, 5.74) is 6.23. The van der Waals surface area contributed by atoms with Gasteiger partial charge >= 0.3 is 0 Å². The van der Waals surface area contributed by atoms with Gasteiger partial charge in [-0.15, -0.1) is 0 Å². The number of nitrogens with one attached hydrogen (secondary N) is 1. The van der Waals surface area contributed by atoms with Crippen LogP contribution in [0, 0.1) is 6.92 Å². The Morgan fingerprint density at radius 1 is 0.900 bits per heavy atom. The van der Waals surface area contributed by atoms with Crippen molar-refractivity contribution in [2.45, 2.75) is 19.4 Å². The molecule has 0 radical (unpaired) electrons. The van der Waals surface area contributed by atoms with Gasteiger partial charge in [0.05, 0.1) is 23.1 Å². The summed E-state index contributed by atoms with van der Waals surface area (Å²) in [6.07, 6.45) is 0.786. The minimum absolute atomic E-state index is 0.0911. The van der Waals surface area contributed by atoms with Crippen LogP contribution in [0.25, 0.3) is 5.69 Å². The van der Waals surface area contributed by atoms with Gasteiger partial charge in [0, 0.05) is 10.9 Å². The van der Waals surface area contributed by atoms with E-state index in [4.69, 9.17) is 10.1 Å². The number of aliphatic imine (C=N–C) groups is 1. The molecule has 1 aliphatic rings. The number of rotatable bonds is 3. The number of aromatic nitrogens is 2. The zero-order valence-corrected chi connectivity index (χ0v) is 18.2. The summed E-state index contributed by atoms with van der Waals surface area (Å²) in [5, 5.41) is 8.57. The van der Waals surface area contributed by atoms with Crippen LogP contribution < -0.4 is 5.32 Å². The Labute approximate surface area is 184 Å². The van der Waals surface area contributed by atoms with Crippen LogP contribution in [0.2, 0.25) is 0 Å². The lowest BCUT2D eigenvalue weighted by molar-refractivity contribution is 0.789. The topological polar surface area (TPSA) is 42.2 Å². The number of fused-ring (bicyclic) bond motifs is 1. The highest BCUT2D eigenvalue weighted by atomic mass is 79.9. The summed E-state index contributed by atoms with van der Waals surface area (Å²) < 4.78 is 3.03. The molecule has 0 spiro atoms. The summed E-state index contributed by atoms with van der Waals surface area (Å²) in [7, 11) is 0. The van der Waals surface area contributed by atoms with Crippen molar-refractivity contribution in [2.24, 2.45) is 4.99 Å². The van der Waals surface area contributed by atoms with Crippen LogP contribution in [0.4, 0.5) is 11.5 Å². The van der Waals surface area contributed by atoms with E-state index in [1.807, 2.05) is 35.9 Å². The minimum Gasteiger partial charge on any atom is -0.361 e. The van der Waals surface area contributed by atoms with Gasteiger partial charge in [0.2, 0.25) is 0 Å². The molecule has 4 nitrogen and oxygen atoms in total. The normalized spacial score (nSPS) is 15.7. The molecule has 5 heteroatoms. The average Bonchev–Trinajstić information content (AvgIpc) is 2.97. The van der Waals surface area contributed by atoms with E-state index in [9.17, 15) is 0 Å². The molecule has 1 N–H and O–H groups in total. The zero-order valence-electron chi connectivity index (χ0n) is 16.6. The Morgan fingerprint density at radius 3 is 2.27 bits per heavy atom. The van der Waals surface area contributed by atoms with Gasteiger partial charge in [0.15, 0.2) is 5.82 Å². The van der Waals surface area contributed by atoms with Gasteiger partial charge in [-0.05, 0) is 42.3 Å². The molecule has 0 unspecified atom stereocenters. The SMILES string of the molecule is Cc1nn(-c2ccccc2)c2c1N=C(c1ccc(Br)cc1)C[C@@H](c1ccccc1)N2. The summed E-state index contributed by atoms with van der Waals surface area (Å²) in [4.78, 5) is 5.12. The Bertz CT molecular complexity index is 1200. The van der Waals surface area contributed by atoms with Crippen LogP contribution in [0.15, 0.2) is 94.4 Å². The molecule has 3 aromatic carbocycles. The molecule has 0 fully saturated rings. The third-order valence-corrected chi connectivity index (χ3v) is 5.89. The molecule has 0 amide bonds. The average molecular weight is 457 g/mol. The lowest BCUT2D eigenvalue weighted by Crippen LogP contribution is -2.16. The lowest BCUT2D eigenvalue weighted by Gasteiger charge is -2.20. The van der Waals surface area contributed by atoms with Gasteiger partial charge in [-0.1, -0.05) is 76.6 Å². The maximum atomic E-state index is 5.12. The van der Waals surface area contributed by atoms with E-state index in [1.165, 1.54) is 5.56 Å². The largest absolute Gasteiger partial charge is 0.361 e. The molecule has 0 saturated heterocycles. The number of anilines is 1. The predicted molar refractivity (Wildman–Crippen MR) is 126 cm³/mol. The standard InChI is InChI=1S/C25H21BrN4/c1-17-24-25(30(29-17)21-10-6-3-7-11-21)28-23(18-8-4-2-5-9-18)16-22(27-24)19-12-14-20(26)15-13-19/h2-15,23,28H,16H2,1H3/t23-/m0/s1. The number of aryl methyl sites for hydroxylation is 1. The molecule has 2 heterocycles. The van der Waals surface area contributed by atoms with E-state index in [-0.39, 0.29) is 6.04 Å². The van der Waals surface area contributed by atoms with Gasteiger partial charge in [-0.25, -0.2) is 9.67 Å². The van der Waals surface area contributed by atoms with Crippen molar-refractivity contribution in [1.82, 2.24) is 9.78 Å². The van der Waals surface area contributed by atoms with Crippen molar-refractivity contribution in [1.29, 1.82) is 0 Å². The summed E-state index contributed by atoms with van der Waals surface area (Å²) >= 11 is 3.53. The van der Waals surface area contributed by atoms with Gasteiger partial charge in [-0.3, -0.25) is 0 Å². The van der Waals surface area contributed by atoms with Crippen LogP contribution >= 0.6 is 15.9 Å². The van der Waals surface area contributed by atoms with Gasteiger partial charge < -0.3 is 5.32 Å². The number of nitrogens with zero attached hydrogens (tertiary/aromatic N) is 3. The molecule has 4 aromatic rings. The molecule has 148 valence electrons. The Kier molecular flexibility index (Phi) is 4.97. The van der Waals surface area contributed by atoms with Crippen molar-refractivity contribution < 1.29 is 0 Å². The summed E-state index contributed by atoms with van der Waals surface area (Å²) in [6.45, 7) is 2.02. The van der Waals surface area contributed by atoms with Crippen LogP contribution in [-0.2, 0) is 0 Å². The number of hydrogen-bond acceptors (Lipinski definition) is 3. The molecule has 5 rings (SSSR count). The highest BCUT2D eigenvalue weighted by Gasteiger charge is 2.26. The molecular formula is C25H21BrN4. The first-order valence-electron chi connectivity index (χ1n) is 9.99. The molecule has 1 atom stereocenters. The van der Waals surface area contributed by atoms with E-state index in [0.717, 1.165) is 45.1 Å². The Morgan fingerprint density at radius 2 is 1.57 bits per heavy atom. The quantitative estimate of drug-likeness (QED) is 0.376. The van der Waals surface area contributed by atoms with Crippen LogP contribution in [0.1, 0.15) is 29.3 Å². The third kappa shape index (κ3) is 3.57. The van der Waals surface area contributed by atoms with Gasteiger partial charge in [0.1, 0.15) is 5.69 Å². The Hall–Kier alpha value is -3.18. The fourth-order valence-electron chi connectivity index (χ4n) is 3.84. The van der Waals surface area contributed by atoms with Crippen LogP contribution in [0.3, 0.4) is 0 Å². The van der Waals surface area contributed by atoms with Crippen molar-refractivity contribution in [3.63, 3.8) is 0 Å². The van der Waals surface area contributed by atoms with E-state index in [2.05, 4.69) is 81.9 Å². The van der Waals surface area contributed by atoms with Crippen molar-refractivity contribution in [2.75, 3.05) is 5.32 Å². The van der Waals surface area contributed by atoms with E-state index in [1.54, 1.807) is 0 Å². The maximum absolute atomic E-state index is 5.12. The van der Waals surface area contributed by atoms with E-state index in [0.29, 0.717) is 0 Å². The zero-order chi connectivity index (χ0) is 20.5. The smallest absolute Gasteiger partial charge is 0.156 e. The molecule has 0 bridgehead atoms. The number of halogens is 1. The molecule has 1 aromatic heterocycles. The van der Waals surface area contributed by atoms with Crippen LogP contribution in [-0.4, -0.2) is 15.5 Å². The molecule has 0 aliphatic carbocycles. The molecule has 30 heavy (non-hydrogen) atoms. The van der Waals surface area contributed by atoms with Crippen molar-refractivity contribution in [3.05, 3.63) is 106 Å². The molecule has 1 aliphatic heterocycles. The van der Waals surface area contributed by atoms with Crippen LogP contribution in [0.5, 0.6) is 0 Å². The summed E-state index contributed by atoms with van der Waals surface area (Å²) in [6, 6.07) is 29.2. The van der Waals surface area contributed by atoms with Crippen molar-refractivity contribution >= 4 is 33.1 Å². The lowest BCUT2D eigenvalue weighted by atomic mass is 9.97. The second-order valence-electron chi connectivity index (χ2n) is 7.41. The fraction of sp³-hybridized carbons (Fsp3) is 0.120. The highest BCUT2D eigenvalue weighted by Crippen LogP contribution is 2.39. The van der Waals surface area contributed by atoms with E-state index < -0.39 is 0 Å². The Balaban J connectivity index is 1.68. The number of benzene rings is 3. The maximum Gasteiger partial charge on any atom is 0.156 e. The van der Waals surface area contributed by atoms with Crippen molar-refractivity contribution in [3.8, 4) is 5.69 Å². The monoisotopic (exact) mass is 456 g/mol. The number of hydrogen-bond donors (Lipinski definition) is 1. The van der Waals surface area contributed by atoms with Gasteiger partial charge in [0.25, 0.3) is 0 Å². The first kappa shape index (κ1) is 18.8. The predicted octanol–water partition coefficient (Wildman–Crippen LogP) is 6.62.